The Bertz CT molecular complexity index is 1030. The molecule has 4 rings (SSSR count). The van der Waals surface area contributed by atoms with Gasteiger partial charge in [-0.2, -0.15) is 5.26 Å². The monoisotopic (exact) mass is 373 g/mol. The zero-order chi connectivity index (χ0) is 19.3. The van der Waals surface area contributed by atoms with Gasteiger partial charge < -0.3 is 4.90 Å². The average molecular weight is 373 g/mol. The maximum absolute atomic E-state index is 12.5. The summed E-state index contributed by atoms with van der Waals surface area (Å²) in [5, 5.41) is 8.82. The fraction of sp³-hybridized carbons (Fsp3) is 0.300. The van der Waals surface area contributed by atoms with Gasteiger partial charge in [0.05, 0.1) is 24.4 Å². The first kappa shape index (κ1) is 17.8. The molecule has 0 N–H and O–H groups in total. The summed E-state index contributed by atoms with van der Waals surface area (Å²) in [4.78, 5) is 31.5. The number of rotatable bonds is 4. The number of nitrogens with zero attached hydrogens (tertiary/aromatic N) is 7. The highest BCUT2D eigenvalue weighted by atomic mass is 16.1. The predicted octanol–water partition coefficient (Wildman–Crippen LogP) is 1.88. The van der Waals surface area contributed by atoms with E-state index in [0.717, 1.165) is 37.3 Å². The molecule has 140 valence electrons. The maximum atomic E-state index is 12.5. The third-order valence-corrected chi connectivity index (χ3v) is 4.98. The van der Waals surface area contributed by atoms with Crippen LogP contribution in [-0.4, -0.2) is 37.6 Å². The molecule has 1 aliphatic rings. The summed E-state index contributed by atoms with van der Waals surface area (Å²) in [5.74, 6) is 1.20. The van der Waals surface area contributed by atoms with Crippen LogP contribution in [0.15, 0.2) is 54.1 Å². The maximum Gasteiger partial charge on any atom is 0.253 e. The second-order valence-corrected chi connectivity index (χ2v) is 6.81. The molecule has 0 aromatic carbocycles. The van der Waals surface area contributed by atoms with Crippen molar-refractivity contribution >= 4 is 5.82 Å². The second kappa shape index (κ2) is 7.96. The van der Waals surface area contributed by atoms with Gasteiger partial charge in [0.1, 0.15) is 11.9 Å². The van der Waals surface area contributed by atoms with Crippen LogP contribution >= 0.6 is 0 Å². The molecular weight excluding hydrogens is 354 g/mol. The van der Waals surface area contributed by atoms with Gasteiger partial charge in [0.15, 0.2) is 5.69 Å². The number of nitriles is 1. The molecular formula is C20H19N7O. The number of hydrogen-bond acceptors (Lipinski definition) is 7. The Morgan fingerprint density at radius 2 is 2.00 bits per heavy atom. The van der Waals surface area contributed by atoms with Gasteiger partial charge in [0, 0.05) is 43.7 Å². The quantitative estimate of drug-likeness (QED) is 0.688. The van der Waals surface area contributed by atoms with Crippen molar-refractivity contribution in [1.82, 2.24) is 24.5 Å². The number of hydrogen-bond donors (Lipinski definition) is 0. The minimum atomic E-state index is -0.0470. The fourth-order valence-corrected chi connectivity index (χ4v) is 3.40. The third-order valence-electron chi connectivity index (χ3n) is 4.98. The molecule has 28 heavy (non-hydrogen) atoms. The Balaban J connectivity index is 1.38. The summed E-state index contributed by atoms with van der Waals surface area (Å²) in [5.41, 5.74) is 1.75. The van der Waals surface area contributed by atoms with Crippen molar-refractivity contribution in [1.29, 1.82) is 5.26 Å². The van der Waals surface area contributed by atoms with Crippen molar-refractivity contribution in [2.24, 2.45) is 5.92 Å². The van der Waals surface area contributed by atoms with Crippen LogP contribution in [-0.2, 0) is 6.54 Å². The van der Waals surface area contributed by atoms with Gasteiger partial charge in [0.25, 0.3) is 5.56 Å². The van der Waals surface area contributed by atoms with E-state index in [-0.39, 0.29) is 5.56 Å². The summed E-state index contributed by atoms with van der Waals surface area (Å²) >= 11 is 0. The molecule has 0 atom stereocenters. The van der Waals surface area contributed by atoms with E-state index in [9.17, 15) is 4.79 Å². The summed E-state index contributed by atoms with van der Waals surface area (Å²) in [6.07, 6.45) is 10.1. The van der Waals surface area contributed by atoms with E-state index in [1.807, 2.05) is 18.2 Å². The van der Waals surface area contributed by atoms with Crippen molar-refractivity contribution in [2.45, 2.75) is 19.4 Å². The Kier molecular flexibility index (Phi) is 5.06. The molecule has 8 nitrogen and oxygen atoms in total. The smallest absolute Gasteiger partial charge is 0.253 e. The Labute approximate surface area is 162 Å². The van der Waals surface area contributed by atoms with Crippen LogP contribution in [0.5, 0.6) is 0 Å². The van der Waals surface area contributed by atoms with E-state index in [1.165, 1.54) is 6.20 Å². The molecule has 1 saturated heterocycles. The zero-order valence-electron chi connectivity index (χ0n) is 15.3. The summed E-state index contributed by atoms with van der Waals surface area (Å²) in [6.45, 7) is 2.36. The summed E-state index contributed by atoms with van der Waals surface area (Å²) < 4.78 is 1.68. The van der Waals surface area contributed by atoms with Crippen LogP contribution in [0.1, 0.15) is 18.5 Å². The zero-order valence-corrected chi connectivity index (χ0v) is 15.3. The topological polar surface area (TPSA) is 101 Å². The molecule has 1 fully saturated rings. The molecule has 3 aromatic heterocycles. The van der Waals surface area contributed by atoms with Crippen molar-refractivity contribution in [2.75, 3.05) is 18.0 Å². The first-order chi connectivity index (χ1) is 13.7. The minimum Gasteiger partial charge on any atom is -0.355 e. The molecule has 0 bridgehead atoms. The van der Waals surface area contributed by atoms with Crippen molar-refractivity contribution < 1.29 is 0 Å². The molecule has 0 saturated carbocycles. The fourth-order valence-electron chi connectivity index (χ4n) is 3.40. The Hall–Kier alpha value is -3.60. The molecule has 4 heterocycles. The first-order valence-corrected chi connectivity index (χ1v) is 9.17. The lowest BCUT2D eigenvalue weighted by Crippen LogP contribution is -2.36. The van der Waals surface area contributed by atoms with Crippen molar-refractivity contribution in [3.63, 3.8) is 0 Å². The van der Waals surface area contributed by atoms with Crippen molar-refractivity contribution in [3.8, 4) is 17.3 Å². The van der Waals surface area contributed by atoms with Crippen LogP contribution in [0.25, 0.3) is 11.3 Å². The van der Waals surface area contributed by atoms with Gasteiger partial charge >= 0.3 is 0 Å². The average Bonchev–Trinajstić information content (AvgIpc) is 2.76. The highest BCUT2D eigenvalue weighted by Gasteiger charge is 2.21. The van der Waals surface area contributed by atoms with Gasteiger partial charge in [-0.05, 0) is 30.9 Å². The molecule has 3 aromatic rings. The Morgan fingerprint density at radius 3 is 2.64 bits per heavy atom. The largest absolute Gasteiger partial charge is 0.355 e. The lowest BCUT2D eigenvalue weighted by Gasteiger charge is -2.32. The number of anilines is 1. The van der Waals surface area contributed by atoms with Crippen LogP contribution in [0.3, 0.4) is 0 Å². The van der Waals surface area contributed by atoms with E-state index in [4.69, 9.17) is 5.26 Å². The van der Waals surface area contributed by atoms with Crippen LogP contribution in [0.4, 0.5) is 5.82 Å². The van der Waals surface area contributed by atoms with Gasteiger partial charge in [0.2, 0.25) is 0 Å². The van der Waals surface area contributed by atoms with Gasteiger partial charge in [-0.3, -0.25) is 14.3 Å². The van der Waals surface area contributed by atoms with E-state index >= 15 is 0 Å². The molecule has 0 amide bonds. The number of aromatic nitrogens is 5. The third kappa shape index (κ3) is 3.88. The van der Waals surface area contributed by atoms with E-state index in [1.54, 1.807) is 35.6 Å². The van der Waals surface area contributed by atoms with Gasteiger partial charge in [-0.25, -0.2) is 15.0 Å². The molecule has 0 radical (unpaired) electrons. The molecule has 0 spiro atoms. The van der Waals surface area contributed by atoms with E-state index < -0.39 is 0 Å². The summed E-state index contributed by atoms with van der Waals surface area (Å²) in [6, 6.07) is 7.26. The second-order valence-electron chi connectivity index (χ2n) is 6.81. The minimum absolute atomic E-state index is 0.0470. The first-order valence-electron chi connectivity index (χ1n) is 9.17. The summed E-state index contributed by atoms with van der Waals surface area (Å²) in [7, 11) is 0. The number of piperidine rings is 1. The van der Waals surface area contributed by atoms with E-state index in [0.29, 0.717) is 23.9 Å². The molecule has 0 aliphatic carbocycles. The normalized spacial score (nSPS) is 14.6. The van der Waals surface area contributed by atoms with Crippen LogP contribution in [0, 0.1) is 17.2 Å². The SMILES string of the molecule is N#Cc1cnc(N2CCC(Cn3cnc(-c4cccnc4)cc3=O)CC2)cn1. The molecule has 1 aliphatic heterocycles. The van der Waals surface area contributed by atoms with Gasteiger partial charge in [-0.15, -0.1) is 0 Å². The van der Waals surface area contributed by atoms with Crippen molar-refractivity contribution in [3.05, 3.63) is 65.4 Å². The lowest BCUT2D eigenvalue weighted by molar-refractivity contribution is 0.350. The number of pyridine rings is 1. The molecule has 0 unspecified atom stereocenters. The highest BCUT2D eigenvalue weighted by Crippen LogP contribution is 2.22. The standard InChI is InChI=1S/C20H19N7O/c21-9-17-11-24-19(12-23-17)26-6-3-15(4-7-26)13-27-14-25-18(8-20(27)28)16-2-1-5-22-10-16/h1-2,5,8,10-12,14-15H,3-4,6-7,13H2. The highest BCUT2D eigenvalue weighted by molar-refractivity contribution is 5.56. The lowest BCUT2D eigenvalue weighted by atomic mass is 9.96. The van der Waals surface area contributed by atoms with Crippen LogP contribution < -0.4 is 10.5 Å². The molecule has 8 heteroatoms. The van der Waals surface area contributed by atoms with E-state index in [2.05, 4.69) is 24.8 Å². The van der Waals surface area contributed by atoms with Gasteiger partial charge in [-0.1, -0.05) is 0 Å². The van der Waals surface area contributed by atoms with Crippen LogP contribution in [0.2, 0.25) is 0 Å². The Morgan fingerprint density at radius 1 is 1.14 bits per heavy atom. The predicted molar refractivity (Wildman–Crippen MR) is 103 cm³/mol.